The van der Waals surface area contributed by atoms with Crippen LogP contribution in [0.15, 0.2) is 48.5 Å². The first-order valence-electron chi connectivity index (χ1n) is 11.6. The Morgan fingerprint density at radius 2 is 1.33 bits per heavy atom. The van der Waals surface area contributed by atoms with Crippen molar-refractivity contribution in [3.05, 3.63) is 59.7 Å². The van der Waals surface area contributed by atoms with E-state index in [1.54, 1.807) is 0 Å². The second kappa shape index (κ2) is 12.6. The third-order valence-corrected chi connectivity index (χ3v) is 5.83. The number of carbonyl (C=O) groups excluding carboxylic acids is 2. The number of ether oxygens (including phenoxy) is 1. The van der Waals surface area contributed by atoms with Gasteiger partial charge in [-0.15, -0.1) is 0 Å². The van der Waals surface area contributed by atoms with E-state index >= 15 is 0 Å². The number of hydrogen-bond donors (Lipinski definition) is 3. The number of unbranched alkanes of at least 4 members (excludes halogenated alkanes) is 3. The molecule has 0 atom stereocenters. The van der Waals surface area contributed by atoms with E-state index in [1.807, 2.05) is 24.3 Å². The summed E-state index contributed by atoms with van der Waals surface area (Å²) in [6.45, 7) is 1.31. The number of benzene rings is 2. The second-order valence-corrected chi connectivity index (χ2v) is 8.26. The van der Waals surface area contributed by atoms with Crippen molar-refractivity contribution < 1.29 is 24.2 Å². The molecule has 0 bridgehead atoms. The molecule has 3 N–H and O–H groups in total. The van der Waals surface area contributed by atoms with E-state index in [4.69, 9.17) is 9.84 Å². The molecule has 0 radical (unpaired) electrons. The van der Waals surface area contributed by atoms with Crippen LogP contribution in [0.5, 0.6) is 0 Å². The van der Waals surface area contributed by atoms with Gasteiger partial charge in [-0.1, -0.05) is 55.0 Å². The van der Waals surface area contributed by atoms with Gasteiger partial charge in [-0.05, 0) is 47.9 Å². The van der Waals surface area contributed by atoms with Crippen molar-refractivity contribution in [2.24, 2.45) is 0 Å². The van der Waals surface area contributed by atoms with Gasteiger partial charge in [0.2, 0.25) is 5.91 Å². The second-order valence-electron chi connectivity index (χ2n) is 8.26. The van der Waals surface area contributed by atoms with Crippen LogP contribution in [0.2, 0.25) is 0 Å². The molecule has 1 aliphatic carbocycles. The van der Waals surface area contributed by atoms with Crippen molar-refractivity contribution >= 4 is 18.0 Å². The summed E-state index contributed by atoms with van der Waals surface area (Å²) >= 11 is 0. The Hall–Kier alpha value is -3.35. The largest absolute Gasteiger partial charge is 0.481 e. The summed E-state index contributed by atoms with van der Waals surface area (Å²) < 4.78 is 5.51. The molecule has 2 aromatic carbocycles. The zero-order valence-electron chi connectivity index (χ0n) is 18.8. The predicted molar refractivity (Wildman–Crippen MR) is 126 cm³/mol. The topological polar surface area (TPSA) is 105 Å². The third kappa shape index (κ3) is 7.34. The lowest BCUT2D eigenvalue weighted by molar-refractivity contribution is -0.137. The number of carboxylic acid groups (broad SMARTS) is 1. The summed E-state index contributed by atoms with van der Waals surface area (Å²) in [7, 11) is 0. The molecule has 2 aromatic rings. The maximum Gasteiger partial charge on any atom is 0.407 e. The van der Waals surface area contributed by atoms with Gasteiger partial charge in [0.05, 0.1) is 0 Å². The van der Waals surface area contributed by atoms with Gasteiger partial charge in [0, 0.05) is 31.8 Å². The van der Waals surface area contributed by atoms with E-state index in [-0.39, 0.29) is 18.2 Å². The van der Waals surface area contributed by atoms with E-state index in [1.165, 1.54) is 22.3 Å². The van der Waals surface area contributed by atoms with Crippen molar-refractivity contribution in [2.75, 3.05) is 19.7 Å². The van der Waals surface area contributed by atoms with Crippen molar-refractivity contribution in [1.82, 2.24) is 10.6 Å². The number of aliphatic carboxylic acids is 1. The number of rotatable bonds is 13. The van der Waals surface area contributed by atoms with Crippen LogP contribution in [-0.4, -0.2) is 42.8 Å². The molecule has 2 amide bonds. The third-order valence-electron chi connectivity index (χ3n) is 5.83. The Balaban J connectivity index is 1.27. The fourth-order valence-electron chi connectivity index (χ4n) is 4.14. The minimum atomic E-state index is -0.812. The molecule has 0 spiro atoms. The number of carbonyl (C=O) groups is 3. The minimum absolute atomic E-state index is 0.0187. The molecular formula is C26H32N2O5. The molecule has 0 aliphatic heterocycles. The Kier molecular flexibility index (Phi) is 9.30. The van der Waals surface area contributed by atoms with Gasteiger partial charge in [-0.2, -0.15) is 0 Å². The fraction of sp³-hybridized carbons (Fsp3) is 0.423. The number of fused-ring (bicyclic) bond motifs is 3. The molecule has 176 valence electrons. The Morgan fingerprint density at radius 1 is 0.758 bits per heavy atom. The molecule has 0 fully saturated rings. The maximum atomic E-state index is 12.1. The quantitative estimate of drug-likeness (QED) is 0.389. The van der Waals surface area contributed by atoms with Crippen molar-refractivity contribution in [1.29, 1.82) is 0 Å². The highest BCUT2D eigenvalue weighted by molar-refractivity contribution is 5.79. The highest BCUT2D eigenvalue weighted by Crippen LogP contribution is 2.44. The lowest BCUT2D eigenvalue weighted by Gasteiger charge is -2.14. The van der Waals surface area contributed by atoms with Crippen molar-refractivity contribution in [3.8, 4) is 11.1 Å². The molecule has 1 aliphatic rings. The number of alkyl carbamates (subject to hydrolysis) is 1. The molecule has 0 aromatic heterocycles. The van der Waals surface area contributed by atoms with Crippen LogP contribution in [-0.2, 0) is 14.3 Å². The zero-order chi connectivity index (χ0) is 23.5. The summed E-state index contributed by atoms with van der Waals surface area (Å²) in [5.74, 6) is -0.784. The summed E-state index contributed by atoms with van der Waals surface area (Å²) in [5, 5.41) is 14.2. The van der Waals surface area contributed by atoms with Gasteiger partial charge in [0.15, 0.2) is 0 Å². The Labute approximate surface area is 194 Å². The smallest absolute Gasteiger partial charge is 0.407 e. The van der Waals surface area contributed by atoms with E-state index < -0.39 is 12.1 Å². The highest BCUT2D eigenvalue weighted by Gasteiger charge is 2.28. The molecule has 0 saturated carbocycles. The van der Waals surface area contributed by atoms with Crippen LogP contribution in [0.1, 0.15) is 62.0 Å². The molecule has 33 heavy (non-hydrogen) atoms. The maximum absolute atomic E-state index is 12.1. The predicted octanol–water partition coefficient (Wildman–Crippen LogP) is 4.46. The molecule has 0 unspecified atom stereocenters. The summed E-state index contributed by atoms with van der Waals surface area (Å²) in [6.07, 6.45) is 3.73. The zero-order valence-corrected chi connectivity index (χ0v) is 18.8. The summed E-state index contributed by atoms with van der Waals surface area (Å²) in [6, 6.07) is 16.5. The minimum Gasteiger partial charge on any atom is -0.481 e. The number of carboxylic acids is 1. The lowest BCUT2D eigenvalue weighted by atomic mass is 9.98. The van der Waals surface area contributed by atoms with E-state index in [9.17, 15) is 14.4 Å². The van der Waals surface area contributed by atoms with E-state index in [0.717, 1.165) is 19.3 Å². The van der Waals surface area contributed by atoms with E-state index in [2.05, 4.69) is 34.9 Å². The average molecular weight is 453 g/mol. The van der Waals surface area contributed by atoms with Crippen LogP contribution >= 0.6 is 0 Å². The van der Waals surface area contributed by atoms with Gasteiger partial charge >= 0.3 is 12.1 Å². The Morgan fingerprint density at radius 3 is 2.00 bits per heavy atom. The summed E-state index contributed by atoms with van der Waals surface area (Å²) in [5.41, 5.74) is 4.77. The van der Waals surface area contributed by atoms with Gasteiger partial charge in [-0.3, -0.25) is 9.59 Å². The van der Waals surface area contributed by atoms with Gasteiger partial charge in [-0.25, -0.2) is 4.79 Å². The standard InChI is InChI=1S/C26H32N2O5/c29-24(27-16-9-7-15-25(30)31)14-2-1-8-17-28-26(32)33-18-23-21-12-5-3-10-19(21)20-11-4-6-13-22(20)23/h3-6,10-13,23H,1-2,7-9,14-18H2,(H,27,29)(H,28,32)(H,30,31). The number of nitrogens with one attached hydrogen (secondary N) is 2. The highest BCUT2D eigenvalue weighted by atomic mass is 16.5. The van der Waals surface area contributed by atoms with Crippen LogP contribution in [0.25, 0.3) is 11.1 Å². The number of hydrogen-bond acceptors (Lipinski definition) is 4. The van der Waals surface area contributed by atoms with Crippen LogP contribution in [0.3, 0.4) is 0 Å². The van der Waals surface area contributed by atoms with E-state index in [0.29, 0.717) is 39.0 Å². The Bertz CT molecular complexity index is 914. The summed E-state index contributed by atoms with van der Waals surface area (Å²) in [4.78, 5) is 34.3. The van der Waals surface area contributed by atoms with Crippen molar-refractivity contribution in [2.45, 2.75) is 50.9 Å². The molecule has 7 heteroatoms. The van der Waals surface area contributed by atoms with Crippen LogP contribution in [0, 0.1) is 0 Å². The molecule has 7 nitrogen and oxygen atoms in total. The lowest BCUT2D eigenvalue weighted by Crippen LogP contribution is -2.27. The fourth-order valence-corrected chi connectivity index (χ4v) is 4.14. The monoisotopic (exact) mass is 452 g/mol. The first kappa shape index (κ1) is 24.3. The van der Waals surface area contributed by atoms with Crippen LogP contribution < -0.4 is 10.6 Å². The average Bonchev–Trinajstić information content (AvgIpc) is 3.13. The normalized spacial score (nSPS) is 12.0. The molecule has 0 heterocycles. The first-order chi connectivity index (χ1) is 16.1. The van der Waals surface area contributed by atoms with Gasteiger partial charge in [0.1, 0.15) is 6.61 Å². The van der Waals surface area contributed by atoms with Gasteiger partial charge in [0.25, 0.3) is 0 Å². The SMILES string of the molecule is O=C(O)CCCCNC(=O)CCCCCNC(=O)OCC1c2ccccc2-c2ccccc21. The van der Waals surface area contributed by atoms with Gasteiger partial charge < -0.3 is 20.5 Å². The molecule has 0 saturated heterocycles. The van der Waals surface area contributed by atoms with Crippen LogP contribution in [0.4, 0.5) is 4.79 Å². The molecular weight excluding hydrogens is 420 g/mol. The first-order valence-corrected chi connectivity index (χ1v) is 11.6. The number of amides is 2. The van der Waals surface area contributed by atoms with Crippen molar-refractivity contribution in [3.63, 3.8) is 0 Å². The molecule has 3 rings (SSSR count).